The van der Waals surface area contributed by atoms with E-state index >= 15 is 0 Å². The first kappa shape index (κ1) is 17.8. The summed E-state index contributed by atoms with van der Waals surface area (Å²) in [5, 5.41) is 28.6. The van der Waals surface area contributed by atoms with Crippen molar-refractivity contribution in [1.29, 1.82) is 0 Å². The van der Waals surface area contributed by atoms with Crippen LogP contribution < -0.4 is 0 Å². The van der Waals surface area contributed by atoms with Crippen LogP contribution in [0, 0.1) is 0 Å². The highest BCUT2D eigenvalue weighted by atomic mass is 16.3. The molecular formula is C14H31N3O3. The molecule has 1 fully saturated rings. The second-order valence-electron chi connectivity index (χ2n) is 5.80. The molecule has 1 rings (SSSR count). The third-order valence-electron chi connectivity index (χ3n) is 4.33. The van der Waals surface area contributed by atoms with Crippen molar-refractivity contribution < 1.29 is 15.3 Å². The Bertz CT molecular complexity index is 244. The topological polar surface area (TPSA) is 70.4 Å². The van der Waals surface area contributed by atoms with Gasteiger partial charge >= 0.3 is 0 Å². The van der Waals surface area contributed by atoms with Gasteiger partial charge < -0.3 is 15.3 Å². The molecule has 3 atom stereocenters. The van der Waals surface area contributed by atoms with Crippen molar-refractivity contribution in [1.82, 2.24) is 14.7 Å². The van der Waals surface area contributed by atoms with Crippen molar-refractivity contribution in [2.45, 2.75) is 39.1 Å². The zero-order valence-electron chi connectivity index (χ0n) is 13.1. The molecule has 0 aromatic carbocycles. The summed E-state index contributed by atoms with van der Waals surface area (Å²) in [7, 11) is 0. The smallest absolute Gasteiger partial charge is 0.104 e. The predicted molar refractivity (Wildman–Crippen MR) is 79.5 cm³/mol. The molecule has 0 saturated carbocycles. The van der Waals surface area contributed by atoms with Crippen LogP contribution in [0.4, 0.5) is 0 Å². The van der Waals surface area contributed by atoms with Crippen LogP contribution in [-0.4, -0.2) is 101 Å². The van der Waals surface area contributed by atoms with Crippen molar-refractivity contribution in [2.24, 2.45) is 0 Å². The zero-order valence-corrected chi connectivity index (χ0v) is 13.1. The summed E-state index contributed by atoms with van der Waals surface area (Å²) in [6.45, 7) is 11.1. The third kappa shape index (κ3) is 5.27. The van der Waals surface area contributed by atoms with Crippen LogP contribution in [0.25, 0.3) is 0 Å². The number of hydrogen-bond acceptors (Lipinski definition) is 6. The molecule has 6 heteroatoms. The molecule has 0 aliphatic carbocycles. The summed E-state index contributed by atoms with van der Waals surface area (Å²) in [5.41, 5.74) is 0. The first-order chi connectivity index (χ1) is 9.49. The second-order valence-corrected chi connectivity index (χ2v) is 5.80. The molecule has 0 bridgehead atoms. The number of aliphatic hydroxyl groups is 3. The molecular weight excluding hydrogens is 258 g/mol. The highest BCUT2D eigenvalue weighted by Gasteiger charge is 2.22. The van der Waals surface area contributed by atoms with E-state index in [1.807, 2.05) is 18.7 Å². The van der Waals surface area contributed by atoms with Crippen LogP contribution >= 0.6 is 0 Å². The maximum Gasteiger partial charge on any atom is 0.104 e. The van der Waals surface area contributed by atoms with Gasteiger partial charge in [0.2, 0.25) is 0 Å². The fourth-order valence-corrected chi connectivity index (χ4v) is 2.59. The molecule has 0 radical (unpaired) electrons. The Morgan fingerprint density at radius 2 is 1.00 bits per heavy atom. The Morgan fingerprint density at radius 3 is 1.25 bits per heavy atom. The molecule has 1 aliphatic rings. The first-order valence-corrected chi connectivity index (χ1v) is 7.61. The lowest BCUT2D eigenvalue weighted by molar-refractivity contribution is 0.00731. The van der Waals surface area contributed by atoms with Crippen LogP contribution in [0.5, 0.6) is 0 Å². The van der Waals surface area contributed by atoms with Crippen molar-refractivity contribution in [3.63, 3.8) is 0 Å². The van der Waals surface area contributed by atoms with E-state index in [2.05, 4.69) is 9.80 Å². The van der Waals surface area contributed by atoms with Crippen LogP contribution in [0.1, 0.15) is 20.8 Å². The zero-order chi connectivity index (χ0) is 15.1. The molecule has 0 aromatic heterocycles. The quantitative estimate of drug-likeness (QED) is 0.603. The first-order valence-electron chi connectivity index (χ1n) is 7.61. The van der Waals surface area contributed by atoms with E-state index in [9.17, 15) is 15.3 Å². The molecule has 0 amide bonds. The maximum absolute atomic E-state index is 9.84. The molecule has 1 heterocycles. The van der Waals surface area contributed by atoms with E-state index in [1.54, 1.807) is 6.92 Å². The summed E-state index contributed by atoms with van der Waals surface area (Å²) in [5.74, 6) is 0. The summed E-state index contributed by atoms with van der Waals surface area (Å²) in [6.07, 6.45) is -0.467. The van der Waals surface area contributed by atoms with Crippen LogP contribution in [0.15, 0.2) is 0 Å². The molecule has 6 nitrogen and oxygen atoms in total. The molecule has 0 spiro atoms. The third-order valence-corrected chi connectivity index (χ3v) is 4.33. The van der Waals surface area contributed by atoms with E-state index < -0.39 is 6.23 Å². The van der Waals surface area contributed by atoms with Gasteiger partial charge in [-0.15, -0.1) is 0 Å². The molecule has 3 N–H and O–H groups in total. The minimum Gasteiger partial charge on any atom is -0.395 e. The van der Waals surface area contributed by atoms with E-state index in [4.69, 9.17) is 0 Å². The standard InChI is InChI=1S/C14H31N3O3/c1-12(10-18)15-4-5-16(13(2)11-19)7-9-17(8-6-15)14(3)20/h12-14,18-20H,4-11H2,1-3H3. The Balaban J connectivity index is 2.73. The van der Waals surface area contributed by atoms with Crippen molar-refractivity contribution in [3.05, 3.63) is 0 Å². The SMILES string of the molecule is CC(O)N1CCN(C(C)CO)CCN(C(C)CO)CC1. The van der Waals surface area contributed by atoms with Gasteiger partial charge in [-0.25, -0.2) is 0 Å². The monoisotopic (exact) mass is 289 g/mol. The minimum atomic E-state index is -0.467. The van der Waals surface area contributed by atoms with Crippen LogP contribution in [0.2, 0.25) is 0 Å². The minimum absolute atomic E-state index is 0.121. The molecule has 1 saturated heterocycles. The summed E-state index contributed by atoms with van der Waals surface area (Å²) in [4.78, 5) is 6.54. The molecule has 3 unspecified atom stereocenters. The number of nitrogens with zero attached hydrogens (tertiary/aromatic N) is 3. The van der Waals surface area contributed by atoms with Gasteiger partial charge in [0.15, 0.2) is 0 Å². The van der Waals surface area contributed by atoms with Gasteiger partial charge in [0.1, 0.15) is 6.23 Å². The summed E-state index contributed by atoms with van der Waals surface area (Å²) < 4.78 is 0. The molecule has 0 aromatic rings. The average Bonchev–Trinajstić information content (AvgIpc) is 2.55. The highest BCUT2D eigenvalue weighted by Crippen LogP contribution is 2.08. The maximum atomic E-state index is 9.84. The summed E-state index contributed by atoms with van der Waals surface area (Å²) >= 11 is 0. The van der Waals surface area contributed by atoms with Gasteiger partial charge in [0.25, 0.3) is 0 Å². The Kier molecular flexibility index (Phi) is 7.94. The fourth-order valence-electron chi connectivity index (χ4n) is 2.59. The normalized spacial score (nSPS) is 25.5. The van der Waals surface area contributed by atoms with E-state index in [-0.39, 0.29) is 25.3 Å². The van der Waals surface area contributed by atoms with Crippen molar-refractivity contribution in [2.75, 3.05) is 52.5 Å². The van der Waals surface area contributed by atoms with E-state index in [0.717, 1.165) is 39.3 Å². The Labute approximate surface area is 122 Å². The highest BCUT2D eigenvalue weighted by molar-refractivity contribution is 4.77. The lowest BCUT2D eigenvalue weighted by Crippen LogP contribution is -2.45. The number of aliphatic hydroxyl groups excluding tert-OH is 3. The fraction of sp³-hybridized carbons (Fsp3) is 1.00. The molecule has 20 heavy (non-hydrogen) atoms. The van der Waals surface area contributed by atoms with E-state index in [1.165, 1.54) is 0 Å². The van der Waals surface area contributed by atoms with Gasteiger partial charge in [0, 0.05) is 51.4 Å². The lowest BCUT2D eigenvalue weighted by atomic mass is 10.2. The predicted octanol–water partition coefficient (Wildman–Crippen LogP) is -0.994. The average molecular weight is 289 g/mol. The summed E-state index contributed by atoms with van der Waals surface area (Å²) in [6, 6.07) is 0.241. The van der Waals surface area contributed by atoms with Gasteiger partial charge in [-0.05, 0) is 20.8 Å². The molecule has 1 aliphatic heterocycles. The largest absolute Gasteiger partial charge is 0.395 e. The number of hydrogen-bond donors (Lipinski definition) is 3. The molecule has 120 valence electrons. The Hall–Kier alpha value is -0.240. The van der Waals surface area contributed by atoms with E-state index in [0.29, 0.717) is 0 Å². The van der Waals surface area contributed by atoms with Gasteiger partial charge in [-0.1, -0.05) is 0 Å². The second kappa shape index (κ2) is 8.92. The lowest BCUT2D eigenvalue weighted by Gasteiger charge is -2.31. The van der Waals surface area contributed by atoms with Crippen molar-refractivity contribution >= 4 is 0 Å². The van der Waals surface area contributed by atoms with Crippen molar-refractivity contribution in [3.8, 4) is 0 Å². The van der Waals surface area contributed by atoms with Gasteiger partial charge in [0.05, 0.1) is 13.2 Å². The Morgan fingerprint density at radius 1 is 0.700 bits per heavy atom. The van der Waals surface area contributed by atoms with Crippen LogP contribution in [0.3, 0.4) is 0 Å². The number of rotatable bonds is 5. The van der Waals surface area contributed by atoms with Crippen LogP contribution in [-0.2, 0) is 0 Å². The van der Waals surface area contributed by atoms with Gasteiger partial charge in [-0.2, -0.15) is 0 Å². The van der Waals surface area contributed by atoms with Gasteiger partial charge in [-0.3, -0.25) is 14.7 Å².